The van der Waals surface area contributed by atoms with E-state index in [4.69, 9.17) is 9.47 Å². The molecule has 1 heterocycles. The third-order valence-electron chi connectivity index (χ3n) is 3.10. The fourth-order valence-electron chi connectivity index (χ4n) is 1.92. The predicted molar refractivity (Wildman–Crippen MR) is 70.5 cm³/mol. The summed E-state index contributed by atoms with van der Waals surface area (Å²) in [6, 6.07) is 0. The van der Waals surface area contributed by atoms with E-state index in [-0.39, 0.29) is 11.8 Å². The van der Waals surface area contributed by atoms with Gasteiger partial charge in [0.25, 0.3) is 0 Å². The molecule has 0 aromatic heterocycles. The van der Waals surface area contributed by atoms with Gasteiger partial charge in [0.1, 0.15) is 0 Å². The maximum absolute atomic E-state index is 11.6. The maximum atomic E-state index is 11.6. The van der Waals surface area contributed by atoms with E-state index < -0.39 is 0 Å². The first-order chi connectivity index (χ1) is 8.74. The summed E-state index contributed by atoms with van der Waals surface area (Å²) in [5.74, 6) is 0.690. The van der Waals surface area contributed by atoms with Gasteiger partial charge in [0.05, 0.1) is 13.2 Å². The normalized spacial score (nSPS) is 20.9. The predicted octanol–water partition coefficient (Wildman–Crippen LogP) is 0.401. The molecule has 1 fully saturated rings. The zero-order valence-corrected chi connectivity index (χ0v) is 11.5. The summed E-state index contributed by atoms with van der Waals surface area (Å²) in [4.78, 5) is 11.6. The highest BCUT2D eigenvalue weighted by Crippen LogP contribution is 2.12. The molecule has 2 N–H and O–H groups in total. The molecule has 1 saturated heterocycles. The van der Waals surface area contributed by atoms with Crippen molar-refractivity contribution in [2.45, 2.75) is 19.8 Å². The highest BCUT2D eigenvalue weighted by molar-refractivity contribution is 5.78. The summed E-state index contributed by atoms with van der Waals surface area (Å²) in [6.07, 6.45) is 1.98. The highest BCUT2D eigenvalue weighted by atomic mass is 16.5. The van der Waals surface area contributed by atoms with Crippen molar-refractivity contribution in [2.24, 2.45) is 11.8 Å². The number of hydrogen-bond donors (Lipinski definition) is 2. The second-order valence-corrected chi connectivity index (χ2v) is 4.91. The van der Waals surface area contributed by atoms with Crippen LogP contribution in [0.3, 0.4) is 0 Å². The third-order valence-corrected chi connectivity index (χ3v) is 3.10. The van der Waals surface area contributed by atoms with Crippen molar-refractivity contribution in [3.63, 3.8) is 0 Å². The standard InChI is InChI=1S/C13H26N2O3/c1-11(8-14-2)13(16)15-5-3-6-17-9-12-4-7-18-10-12/h11-12,14H,3-10H2,1-2H3,(H,15,16). The van der Waals surface area contributed by atoms with E-state index in [2.05, 4.69) is 10.6 Å². The van der Waals surface area contributed by atoms with Crippen molar-refractivity contribution in [1.29, 1.82) is 0 Å². The minimum atomic E-state index is 0.0200. The molecule has 0 aromatic rings. The lowest BCUT2D eigenvalue weighted by atomic mass is 10.1. The zero-order chi connectivity index (χ0) is 13.2. The minimum absolute atomic E-state index is 0.0200. The van der Waals surface area contributed by atoms with Crippen LogP contribution in [0.1, 0.15) is 19.8 Å². The monoisotopic (exact) mass is 258 g/mol. The molecule has 18 heavy (non-hydrogen) atoms. The average molecular weight is 258 g/mol. The Balaban J connectivity index is 1.89. The summed E-state index contributed by atoms with van der Waals surface area (Å²) in [6.45, 7) is 6.51. The van der Waals surface area contributed by atoms with Crippen molar-refractivity contribution in [2.75, 3.05) is 46.6 Å². The van der Waals surface area contributed by atoms with Gasteiger partial charge in [-0.2, -0.15) is 0 Å². The molecule has 1 aliphatic rings. The Bertz CT molecular complexity index is 230. The van der Waals surface area contributed by atoms with Crippen LogP contribution in [-0.2, 0) is 14.3 Å². The molecule has 1 amide bonds. The molecule has 0 radical (unpaired) electrons. The smallest absolute Gasteiger partial charge is 0.224 e. The molecule has 1 rings (SSSR count). The lowest BCUT2D eigenvalue weighted by Crippen LogP contribution is -2.35. The molecule has 0 spiro atoms. The van der Waals surface area contributed by atoms with Gasteiger partial charge in [-0.05, 0) is 19.9 Å². The molecule has 0 aromatic carbocycles. The molecule has 0 aliphatic carbocycles. The third kappa shape index (κ3) is 6.33. The first-order valence-electron chi connectivity index (χ1n) is 6.81. The van der Waals surface area contributed by atoms with Crippen LogP contribution in [0.15, 0.2) is 0 Å². The Hall–Kier alpha value is -0.650. The first-order valence-corrected chi connectivity index (χ1v) is 6.81. The first kappa shape index (κ1) is 15.4. The van der Waals surface area contributed by atoms with Crippen molar-refractivity contribution in [1.82, 2.24) is 10.6 Å². The van der Waals surface area contributed by atoms with Gasteiger partial charge >= 0.3 is 0 Å². The largest absolute Gasteiger partial charge is 0.381 e. The van der Waals surface area contributed by atoms with Crippen LogP contribution in [0, 0.1) is 11.8 Å². The van der Waals surface area contributed by atoms with Gasteiger partial charge in [0.2, 0.25) is 5.91 Å². The number of nitrogens with one attached hydrogen (secondary N) is 2. The molecule has 106 valence electrons. The number of ether oxygens (including phenoxy) is 2. The van der Waals surface area contributed by atoms with Gasteiger partial charge < -0.3 is 20.1 Å². The summed E-state index contributed by atoms with van der Waals surface area (Å²) in [5, 5.41) is 5.91. The van der Waals surface area contributed by atoms with Gasteiger partial charge in [-0.1, -0.05) is 6.92 Å². The van der Waals surface area contributed by atoms with E-state index in [1.54, 1.807) is 0 Å². The van der Waals surface area contributed by atoms with Crippen LogP contribution >= 0.6 is 0 Å². The van der Waals surface area contributed by atoms with E-state index in [9.17, 15) is 4.79 Å². The van der Waals surface area contributed by atoms with Gasteiger partial charge in [-0.25, -0.2) is 0 Å². The molecule has 2 unspecified atom stereocenters. The van der Waals surface area contributed by atoms with Crippen LogP contribution in [0.2, 0.25) is 0 Å². The van der Waals surface area contributed by atoms with Crippen molar-refractivity contribution < 1.29 is 14.3 Å². The zero-order valence-electron chi connectivity index (χ0n) is 11.5. The fourth-order valence-corrected chi connectivity index (χ4v) is 1.92. The van der Waals surface area contributed by atoms with Gasteiger partial charge in [-0.15, -0.1) is 0 Å². The van der Waals surface area contributed by atoms with Crippen molar-refractivity contribution in [3.8, 4) is 0 Å². The molecule has 1 aliphatic heterocycles. The van der Waals surface area contributed by atoms with Crippen LogP contribution in [-0.4, -0.2) is 52.5 Å². The molecule has 5 nitrogen and oxygen atoms in total. The number of hydrogen-bond acceptors (Lipinski definition) is 4. The Morgan fingerprint density at radius 3 is 3.06 bits per heavy atom. The second-order valence-electron chi connectivity index (χ2n) is 4.91. The Morgan fingerprint density at radius 2 is 2.39 bits per heavy atom. The van der Waals surface area contributed by atoms with E-state index in [0.29, 0.717) is 25.6 Å². The molecule has 2 atom stereocenters. The van der Waals surface area contributed by atoms with Crippen molar-refractivity contribution >= 4 is 5.91 Å². The van der Waals surface area contributed by atoms with E-state index >= 15 is 0 Å². The average Bonchev–Trinajstić information content (AvgIpc) is 2.86. The van der Waals surface area contributed by atoms with E-state index in [1.165, 1.54) is 0 Å². The topological polar surface area (TPSA) is 59.6 Å². The van der Waals surface area contributed by atoms with Crippen LogP contribution in [0.4, 0.5) is 0 Å². The quantitative estimate of drug-likeness (QED) is 0.588. The summed E-state index contributed by atoms with van der Waals surface area (Å²) >= 11 is 0. The molecule has 5 heteroatoms. The number of rotatable bonds is 9. The highest BCUT2D eigenvalue weighted by Gasteiger charge is 2.15. The number of carbonyl (C=O) groups is 1. The molecular weight excluding hydrogens is 232 g/mol. The SMILES string of the molecule is CNCC(C)C(=O)NCCCOCC1CCOC1. The van der Waals surface area contributed by atoms with Gasteiger partial charge in [0, 0.05) is 38.1 Å². The van der Waals surface area contributed by atoms with Crippen LogP contribution < -0.4 is 10.6 Å². The van der Waals surface area contributed by atoms with E-state index in [0.717, 1.165) is 32.7 Å². The summed E-state index contributed by atoms with van der Waals surface area (Å²) in [7, 11) is 1.85. The molecule has 0 saturated carbocycles. The fraction of sp³-hybridized carbons (Fsp3) is 0.923. The number of amides is 1. The maximum Gasteiger partial charge on any atom is 0.224 e. The minimum Gasteiger partial charge on any atom is -0.381 e. The lowest BCUT2D eigenvalue weighted by Gasteiger charge is -2.12. The molecular formula is C13H26N2O3. The van der Waals surface area contributed by atoms with Crippen LogP contribution in [0.5, 0.6) is 0 Å². The Labute approximate surface area is 110 Å². The Kier molecular flexibility index (Phi) is 7.96. The van der Waals surface area contributed by atoms with Crippen LogP contribution in [0.25, 0.3) is 0 Å². The lowest BCUT2D eigenvalue weighted by molar-refractivity contribution is -0.124. The van der Waals surface area contributed by atoms with E-state index in [1.807, 2.05) is 14.0 Å². The van der Waals surface area contributed by atoms with Gasteiger partial charge in [0.15, 0.2) is 0 Å². The van der Waals surface area contributed by atoms with Gasteiger partial charge in [-0.3, -0.25) is 4.79 Å². The molecule has 0 bridgehead atoms. The van der Waals surface area contributed by atoms with Crippen molar-refractivity contribution in [3.05, 3.63) is 0 Å². The summed E-state index contributed by atoms with van der Waals surface area (Å²) in [5.41, 5.74) is 0. The summed E-state index contributed by atoms with van der Waals surface area (Å²) < 4.78 is 10.8. The number of carbonyl (C=O) groups excluding carboxylic acids is 1. The Morgan fingerprint density at radius 1 is 1.56 bits per heavy atom. The second kappa shape index (κ2) is 9.30.